The summed E-state index contributed by atoms with van der Waals surface area (Å²) in [6.07, 6.45) is 3.06. The fourth-order valence-electron chi connectivity index (χ4n) is 5.09. The first-order chi connectivity index (χ1) is 16.8. The summed E-state index contributed by atoms with van der Waals surface area (Å²) < 4.78 is 5.67. The molecule has 0 aliphatic heterocycles. The lowest BCUT2D eigenvalue weighted by Gasteiger charge is -2.32. The van der Waals surface area contributed by atoms with Gasteiger partial charge in [0, 0.05) is 18.4 Å². The average Bonchev–Trinajstić information content (AvgIpc) is 3.16. The lowest BCUT2D eigenvalue weighted by molar-refractivity contribution is -0.156. The molecule has 8 heteroatoms. The van der Waals surface area contributed by atoms with E-state index < -0.39 is 17.7 Å². The van der Waals surface area contributed by atoms with E-state index in [2.05, 4.69) is 34.9 Å². The molecule has 35 heavy (non-hydrogen) atoms. The van der Waals surface area contributed by atoms with Gasteiger partial charge in [0.05, 0.1) is 6.54 Å². The Morgan fingerprint density at radius 3 is 2.23 bits per heavy atom. The Balaban J connectivity index is 1.32. The van der Waals surface area contributed by atoms with Gasteiger partial charge in [0.15, 0.2) is 5.60 Å². The molecule has 0 heterocycles. The second-order valence-electron chi connectivity index (χ2n) is 9.68. The summed E-state index contributed by atoms with van der Waals surface area (Å²) in [5.74, 6) is -1.86. The summed E-state index contributed by atoms with van der Waals surface area (Å²) in [7, 11) is 0. The second-order valence-corrected chi connectivity index (χ2v) is 9.68. The molecule has 186 valence electrons. The number of aliphatic hydroxyl groups is 1. The maximum absolute atomic E-state index is 12.7. The van der Waals surface area contributed by atoms with Gasteiger partial charge in [-0.05, 0) is 47.9 Å². The van der Waals surface area contributed by atoms with Gasteiger partial charge >= 0.3 is 12.1 Å². The molecule has 0 radical (unpaired) electrons. The van der Waals surface area contributed by atoms with Gasteiger partial charge in [-0.1, -0.05) is 61.4 Å². The van der Waals surface area contributed by atoms with Gasteiger partial charge in [0.25, 0.3) is 0 Å². The Labute approximate surface area is 204 Å². The van der Waals surface area contributed by atoms with Crippen molar-refractivity contribution in [1.29, 1.82) is 0 Å². The van der Waals surface area contributed by atoms with Crippen molar-refractivity contribution in [1.82, 2.24) is 10.6 Å². The number of carboxylic acids is 1. The van der Waals surface area contributed by atoms with Gasteiger partial charge in [-0.2, -0.15) is 0 Å². The number of carbonyl (C=O) groups excluding carboxylic acids is 2. The predicted molar refractivity (Wildman–Crippen MR) is 130 cm³/mol. The maximum atomic E-state index is 12.7. The molecule has 2 aliphatic carbocycles. The van der Waals surface area contributed by atoms with Crippen LogP contribution in [0.5, 0.6) is 0 Å². The van der Waals surface area contributed by atoms with E-state index >= 15 is 0 Å². The van der Waals surface area contributed by atoms with Crippen molar-refractivity contribution in [2.45, 2.75) is 56.6 Å². The van der Waals surface area contributed by atoms with Crippen LogP contribution in [0.15, 0.2) is 48.5 Å². The first-order valence-corrected chi connectivity index (χ1v) is 12.1. The molecular weight excluding hydrogens is 448 g/mol. The maximum Gasteiger partial charge on any atom is 0.407 e. The van der Waals surface area contributed by atoms with Crippen molar-refractivity contribution in [3.05, 3.63) is 59.7 Å². The van der Waals surface area contributed by atoms with Gasteiger partial charge in [0.2, 0.25) is 5.91 Å². The molecule has 8 nitrogen and oxygen atoms in total. The Kier molecular flexibility index (Phi) is 7.40. The SMILES string of the molecule is CC(O)(CNC(=O)C[C@@H]1CCCC[C@@H]1NC(=O)OCC1c2ccccc2-c2ccccc21)C(=O)O. The molecule has 1 saturated carbocycles. The van der Waals surface area contributed by atoms with Gasteiger partial charge in [0.1, 0.15) is 6.61 Å². The summed E-state index contributed by atoms with van der Waals surface area (Å²) in [4.78, 5) is 36.1. The van der Waals surface area contributed by atoms with Gasteiger partial charge in [-0.25, -0.2) is 9.59 Å². The second kappa shape index (κ2) is 10.5. The van der Waals surface area contributed by atoms with E-state index in [9.17, 15) is 19.5 Å². The molecule has 2 aromatic carbocycles. The molecule has 0 saturated heterocycles. The summed E-state index contributed by atoms with van der Waals surface area (Å²) in [6, 6.07) is 16.1. The van der Waals surface area contributed by atoms with Crippen LogP contribution in [0.1, 0.15) is 56.1 Å². The Morgan fingerprint density at radius 1 is 1.00 bits per heavy atom. The van der Waals surface area contributed by atoms with Crippen LogP contribution in [0.3, 0.4) is 0 Å². The van der Waals surface area contributed by atoms with Crippen molar-refractivity contribution in [2.75, 3.05) is 13.2 Å². The Hall–Kier alpha value is -3.39. The standard InChI is InChI=1S/C27H32N2O6/c1-27(34,25(31)32)16-28-24(30)14-17-8-2-7-13-23(17)29-26(33)35-15-22-20-11-5-3-9-18(20)19-10-4-6-12-21(19)22/h3-6,9-12,17,22-23,34H,2,7-8,13-16H2,1H3,(H,28,30)(H,29,33)(H,31,32)/t17-,23-,27?/m0/s1. The van der Waals surface area contributed by atoms with Crippen LogP contribution < -0.4 is 10.6 Å². The normalized spacial score (nSPS) is 20.7. The van der Waals surface area contributed by atoms with Crippen LogP contribution in [0.4, 0.5) is 4.79 Å². The first-order valence-electron chi connectivity index (χ1n) is 12.1. The molecule has 0 aromatic heterocycles. The molecule has 1 unspecified atom stereocenters. The van der Waals surface area contributed by atoms with Crippen LogP contribution in [0.25, 0.3) is 11.1 Å². The molecule has 4 N–H and O–H groups in total. The number of carbonyl (C=O) groups is 3. The third kappa shape index (κ3) is 5.65. The minimum absolute atomic E-state index is 0.0249. The molecular formula is C27H32N2O6. The number of fused-ring (bicyclic) bond motifs is 3. The monoisotopic (exact) mass is 480 g/mol. The number of amides is 2. The Bertz CT molecular complexity index is 1050. The van der Waals surface area contributed by atoms with Gasteiger partial charge in [-0.3, -0.25) is 4.79 Å². The van der Waals surface area contributed by atoms with E-state index in [-0.39, 0.29) is 43.4 Å². The van der Waals surface area contributed by atoms with Crippen molar-refractivity contribution in [3.8, 4) is 11.1 Å². The fraction of sp³-hybridized carbons (Fsp3) is 0.444. The van der Waals surface area contributed by atoms with E-state index in [0.29, 0.717) is 0 Å². The van der Waals surface area contributed by atoms with Crippen molar-refractivity contribution in [3.63, 3.8) is 0 Å². The van der Waals surface area contributed by atoms with Crippen molar-refractivity contribution in [2.24, 2.45) is 5.92 Å². The predicted octanol–water partition coefficient (Wildman–Crippen LogP) is 3.43. The van der Waals surface area contributed by atoms with Crippen LogP contribution in [-0.2, 0) is 14.3 Å². The molecule has 2 aromatic rings. The molecule has 2 amide bonds. The lowest BCUT2D eigenvalue weighted by Crippen LogP contribution is -2.48. The topological polar surface area (TPSA) is 125 Å². The van der Waals surface area contributed by atoms with Gasteiger partial charge < -0.3 is 25.6 Å². The average molecular weight is 481 g/mol. The highest BCUT2D eigenvalue weighted by Crippen LogP contribution is 2.44. The highest BCUT2D eigenvalue weighted by atomic mass is 16.5. The lowest BCUT2D eigenvalue weighted by atomic mass is 9.82. The smallest absolute Gasteiger partial charge is 0.407 e. The minimum atomic E-state index is -2.03. The molecule has 0 bridgehead atoms. The third-order valence-electron chi connectivity index (χ3n) is 7.09. The quantitative estimate of drug-likeness (QED) is 0.459. The summed E-state index contributed by atoms with van der Waals surface area (Å²) in [5.41, 5.74) is 2.59. The molecule has 1 fully saturated rings. The highest BCUT2D eigenvalue weighted by Gasteiger charge is 2.33. The van der Waals surface area contributed by atoms with E-state index in [1.807, 2.05) is 24.3 Å². The van der Waals surface area contributed by atoms with Crippen molar-refractivity contribution < 1.29 is 29.3 Å². The summed E-state index contributed by atoms with van der Waals surface area (Å²) in [5, 5.41) is 24.2. The van der Waals surface area contributed by atoms with E-state index in [0.717, 1.165) is 54.9 Å². The number of nitrogens with one attached hydrogen (secondary N) is 2. The largest absolute Gasteiger partial charge is 0.479 e. The summed E-state index contributed by atoms with van der Waals surface area (Å²) in [6.45, 7) is 0.984. The number of benzene rings is 2. The first kappa shape index (κ1) is 24.7. The zero-order valence-electron chi connectivity index (χ0n) is 19.8. The Morgan fingerprint density at radius 2 is 1.60 bits per heavy atom. The van der Waals surface area contributed by atoms with Crippen LogP contribution in [-0.4, -0.2) is 53.0 Å². The summed E-state index contributed by atoms with van der Waals surface area (Å²) >= 11 is 0. The number of aliphatic carboxylic acids is 1. The number of hydrogen-bond acceptors (Lipinski definition) is 5. The van der Waals surface area contributed by atoms with E-state index in [1.165, 1.54) is 0 Å². The molecule has 3 atom stereocenters. The fourth-order valence-corrected chi connectivity index (χ4v) is 5.09. The van der Waals surface area contributed by atoms with Crippen LogP contribution in [0.2, 0.25) is 0 Å². The van der Waals surface area contributed by atoms with Crippen molar-refractivity contribution >= 4 is 18.0 Å². The van der Waals surface area contributed by atoms with E-state index in [1.54, 1.807) is 0 Å². The number of hydrogen-bond donors (Lipinski definition) is 4. The number of rotatable bonds is 8. The van der Waals surface area contributed by atoms with Gasteiger partial charge in [-0.15, -0.1) is 0 Å². The molecule has 0 spiro atoms. The minimum Gasteiger partial charge on any atom is -0.479 e. The molecule has 2 aliphatic rings. The zero-order chi connectivity index (χ0) is 25.0. The molecule has 4 rings (SSSR count). The highest BCUT2D eigenvalue weighted by molar-refractivity contribution is 5.81. The zero-order valence-corrected chi connectivity index (χ0v) is 19.8. The number of alkyl carbamates (subject to hydrolysis) is 1. The number of carboxylic acid groups (broad SMARTS) is 1. The van der Waals surface area contributed by atoms with Crippen LogP contribution in [0, 0.1) is 5.92 Å². The number of ether oxygens (including phenoxy) is 1. The third-order valence-corrected chi connectivity index (χ3v) is 7.09. The van der Waals surface area contributed by atoms with Crippen LogP contribution >= 0.6 is 0 Å². The van der Waals surface area contributed by atoms with E-state index in [4.69, 9.17) is 9.84 Å².